The van der Waals surface area contributed by atoms with Gasteiger partial charge in [-0.25, -0.2) is 14.3 Å². The van der Waals surface area contributed by atoms with Crippen molar-refractivity contribution in [1.29, 1.82) is 0 Å². The molecule has 10 heteroatoms. The number of hydrogen-bond acceptors (Lipinski definition) is 6. The molecule has 1 rings (SSSR count). The highest BCUT2D eigenvalue weighted by Gasteiger charge is 2.18. The molecule has 1 heterocycles. The quantitative estimate of drug-likeness (QED) is 0.496. The Bertz CT molecular complexity index is 497. The van der Waals surface area contributed by atoms with E-state index < -0.39 is 17.9 Å². The zero-order valence-electron chi connectivity index (χ0n) is 10.2. The number of nitrogens with two attached hydrogens (primary N) is 1. The Labute approximate surface area is 107 Å². The van der Waals surface area contributed by atoms with Gasteiger partial charge in [-0.05, 0) is 0 Å². The lowest BCUT2D eigenvalue weighted by molar-refractivity contribution is -0.120. The Morgan fingerprint density at radius 1 is 1.42 bits per heavy atom. The summed E-state index contributed by atoms with van der Waals surface area (Å²) in [6.45, 7) is 0.0152. The molecular formula is C9H14N6O4. The van der Waals surface area contributed by atoms with Crippen molar-refractivity contribution in [3.05, 3.63) is 11.4 Å². The Morgan fingerprint density at radius 3 is 2.63 bits per heavy atom. The van der Waals surface area contributed by atoms with Crippen molar-refractivity contribution in [2.75, 3.05) is 7.05 Å². The summed E-state index contributed by atoms with van der Waals surface area (Å²) in [5.41, 5.74) is 5.39. The summed E-state index contributed by atoms with van der Waals surface area (Å²) in [7, 11) is 1.38. The minimum atomic E-state index is -1.23. The van der Waals surface area contributed by atoms with Crippen LogP contribution in [-0.2, 0) is 17.9 Å². The number of imide groups is 1. The predicted molar refractivity (Wildman–Crippen MR) is 62.1 cm³/mol. The highest BCUT2D eigenvalue weighted by atomic mass is 16.4. The second kappa shape index (κ2) is 6.44. The number of carbonyl (C=O) groups excluding carboxylic acids is 2. The summed E-state index contributed by atoms with van der Waals surface area (Å²) in [6.07, 6.45) is -0.0527. The Morgan fingerprint density at radius 2 is 2.11 bits per heavy atom. The molecule has 0 radical (unpaired) electrons. The normalized spacial score (nSPS) is 10.0. The van der Waals surface area contributed by atoms with Crippen LogP contribution in [0.2, 0.25) is 0 Å². The smallest absolute Gasteiger partial charge is 0.358 e. The van der Waals surface area contributed by atoms with Gasteiger partial charge >= 0.3 is 12.0 Å². The van der Waals surface area contributed by atoms with Crippen molar-refractivity contribution in [1.82, 2.24) is 25.6 Å². The molecule has 19 heavy (non-hydrogen) atoms. The largest absolute Gasteiger partial charge is 0.476 e. The lowest BCUT2D eigenvalue weighted by Crippen LogP contribution is -2.37. The van der Waals surface area contributed by atoms with E-state index in [-0.39, 0.29) is 30.9 Å². The summed E-state index contributed by atoms with van der Waals surface area (Å²) in [4.78, 5) is 33.0. The summed E-state index contributed by atoms with van der Waals surface area (Å²) in [6, 6.07) is -0.617. The molecular weight excluding hydrogens is 256 g/mol. The van der Waals surface area contributed by atoms with Crippen LogP contribution in [0.5, 0.6) is 0 Å². The SMILES string of the molecule is CNC(=O)NC(=O)CCn1nnc(C(=O)O)c1CN. The van der Waals surface area contributed by atoms with Gasteiger partial charge in [0.15, 0.2) is 5.69 Å². The molecule has 0 saturated carbocycles. The lowest BCUT2D eigenvalue weighted by atomic mass is 10.3. The molecule has 5 N–H and O–H groups in total. The fourth-order valence-corrected chi connectivity index (χ4v) is 1.34. The monoisotopic (exact) mass is 270 g/mol. The van der Waals surface area contributed by atoms with E-state index in [1.165, 1.54) is 11.7 Å². The third-order valence-corrected chi connectivity index (χ3v) is 2.26. The molecule has 0 unspecified atom stereocenters. The molecule has 1 aromatic heterocycles. The van der Waals surface area contributed by atoms with Gasteiger partial charge in [0.1, 0.15) is 0 Å². The third kappa shape index (κ3) is 3.74. The molecule has 0 aliphatic carbocycles. The van der Waals surface area contributed by atoms with Crippen molar-refractivity contribution in [2.45, 2.75) is 19.5 Å². The molecule has 104 valence electrons. The number of carboxylic acids is 1. The van der Waals surface area contributed by atoms with Crippen molar-refractivity contribution in [2.24, 2.45) is 5.73 Å². The summed E-state index contributed by atoms with van der Waals surface area (Å²) in [5, 5.41) is 20.2. The zero-order valence-corrected chi connectivity index (χ0v) is 10.2. The lowest BCUT2D eigenvalue weighted by Gasteiger charge is -2.05. The molecule has 0 bridgehead atoms. The summed E-state index contributed by atoms with van der Waals surface area (Å²) >= 11 is 0. The minimum absolute atomic E-state index is 0.0527. The topological polar surface area (TPSA) is 152 Å². The molecule has 1 aromatic rings. The third-order valence-electron chi connectivity index (χ3n) is 2.26. The number of amides is 3. The van der Waals surface area contributed by atoms with Crippen LogP contribution >= 0.6 is 0 Å². The Kier molecular flexibility index (Phi) is 4.94. The zero-order chi connectivity index (χ0) is 14.4. The van der Waals surface area contributed by atoms with E-state index in [2.05, 4.69) is 20.9 Å². The number of carboxylic acid groups (broad SMARTS) is 1. The highest BCUT2D eigenvalue weighted by Crippen LogP contribution is 2.05. The first-order chi connectivity index (χ1) is 8.99. The molecule has 0 spiro atoms. The molecule has 0 aromatic carbocycles. The van der Waals surface area contributed by atoms with E-state index >= 15 is 0 Å². The van der Waals surface area contributed by atoms with Crippen LogP contribution in [0.25, 0.3) is 0 Å². The first kappa shape index (κ1) is 14.6. The second-order valence-electron chi connectivity index (χ2n) is 3.49. The van der Waals surface area contributed by atoms with Gasteiger partial charge < -0.3 is 16.2 Å². The fourth-order valence-electron chi connectivity index (χ4n) is 1.34. The number of nitrogens with one attached hydrogen (secondary N) is 2. The summed E-state index contributed by atoms with van der Waals surface area (Å²) < 4.78 is 1.23. The van der Waals surface area contributed by atoms with E-state index in [4.69, 9.17) is 10.8 Å². The van der Waals surface area contributed by atoms with Crippen LogP contribution in [0.4, 0.5) is 4.79 Å². The standard InChI is InChI=1S/C9H14N6O4/c1-11-9(19)12-6(16)2-3-15-5(4-10)7(8(17)18)13-14-15/h2-4,10H2,1H3,(H,17,18)(H2,11,12,16,19). The van der Waals surface area contributed by atoms with Crippen LogP contribution in [0.15, 0.2) is 0 Å². The number of nitrogens with zero attached hydrogens (tertiary/aromatic N) is 3. The number of aryl methyl sites for hydroxylation is 1. The van der Waals surface area contributed by atoms with Crippen LogP contribution in [0, 0.1) is 0 Å². The van der Waals surface area contributed by atoms with Crippen molar-refractivity contribution < 1.29 is 19.5 Å². The van der Waals surface area contributed by atoms with Crippen molar-refractivity contribution in [3.63, 3.8) is 0 Å². The maximum atomic E-state index is 11.3. The summed E-state index contributed by atoms with van der Waals surface area (Å²) in [5.74, 6) is -1.75. The Hall–Kier alpha value is -2.49. The van der Waals surface area contributed by atoms with Gasteiger partial charge in [0.05, 0.1) is 12.2 Å². The van der Waals surface area contributed by atoms with Crippen LogP contribution in [0.3, 0.4) is 0 Å². The van der Waals surface area contributed by atoms with Gasteiger partial charge in [-0.15, -0.1) is 5.10 Å². The van der Waals surface area contributed by atoms with E-state index in [9.17, 15) is 14.4 Å². The maximum Gasteiger partial charge on any atom is 0.358 e. The average Bonchev–Trinajstić information content (AvgIpc) is 2.79. The molecule has 3 amide bonds. The van der Waals surface area contributed by atoms with Gasteiger partial charge in [-0.2, -0.15) is 0 Å². The molecule has 0 aliphatic heterocycles. The maximum absolute atomic E-state index is 11.3. The van der Waals surface area contributed by atoms with E-state index in [1.807, 2.05) is 0 Å². The molecule has 0 aliphatic rings. The first-order valence-corrected chi connectivity index (χ1v) is 5.36. The molecule has 0 fully saturated rings. The number of aromatic carboxylic acids is 1. The molecule has 0 atom stereocenters. The average molecular weight is 270 g/mol. The number of hydrogen-bond donors (Lipinski definition) is 4. The molecule has 0 saturated heterocycles. The van der Waals surface area contributed by atoms with Gasteiger partial charge in [0, 0.05) is 20.0 Å². The van der Waals surface area contributed by atoms with E-state index in [0.29, 0.717) is 0 Å². The van der Waals surface area contributed by atoms with E-state index in [1.54, 1.807) is 0 Å². The predicted octanol–water partition coefficient (Wildman–Crippen LogP) is -1.72. The van der Waals surface area contributed by atoms with Crippen molar-refractivity contribution >= 4 is 17.9 Å². The number of rotatable bonds is 5. The molecule has 10 nitrogen and oxygen atoms in total. The second-order valence-corrected chi connectivity index (χ2v) is 3.49. The fraction of sp³-hybridized carbons (Fsp3) is 0.444. The van der Waals surface area contributed by atoms with Crippen LogP contribution < -0.4 is 16.4 Å². The van der Waals surface area contributed by atoms with Gasteiger partial charge in [-0.3, -0.25) is 10.1 Å². The van der Waals surface area contributed by atoms with Gasteiger partial charge in [-0.1, -0.05) is 5.21 Å². The van der Waals surface area contributed by atoms with Crippen LogP contribution in [-0.4, -0.2) is 45.1 Å². The van der Waals surface area contributed by atoms with E-state index in [0.717, 1.165) is 0 Å². The van der Waals surface area contributed by atoms with Gasteiger partial charge in [0.2, 0.25) is 5.91 Å². The number of aromatic nitrogens is 3. The minimum Gasteiger partial charge on any atom is -0.476 e. The number of urea groups is 1. The number of carbonyl (C=O) groups is 3. The Balaban J connectivity index is 2.65. The highest BCUT2D eigenvalue weighted by molar-refractivity contribution is 5.94. The van der Waals surface area contributed by atoms with Crippen molar-refractivity contribution in [3.8, 4) is 0 Å². The van der Waals surface area contributed by atoms with Gasteiger partial charge in [0.25, 0.3) is 0 Å². The first-order valence-electron chi connectivity index (χ1n) is 5.36. The van der Waals surface area contributed by atoms with Crippen LogP contribution in [0.1, 0.15) is 22.6 Å².